The van der Waals surface area contributed by atoms with Crippen LogP contribution in [0.1, 0.15) is 43.0 Å². The molecule has 0 atom stereocenters. The Hall–Kier alpha value is -2.10. The number of guanidine groups is 1. The zero-order valence-corrected chi connectivity index (χ0v) is 12.4. The largest absolute Gasteiger partial charge is 0.370 e. The number of rotatable bonds is 5. The molecule has 1 aromatic rings. The van der Waals surface area contributed by atoms with E-state index >= 15 is 0 Å². The second-order valence-electron chi connectivity index (χ2n) is 4.62. The molecule has 0 aromatic heterocycles. The van der Waals surface area contributed by atoms with Crippen LogP contribution in [0, 0.1) is 5.41 Å². The molecule has 0 aliphatic rings. The third-order valence-corrected chi connectivity index (χ3v) is 3.24. The van der Waals surface area contributed by atoms with Crippen LogP contribution in [0.25, 0.3) is 6.08 Å². The lowest BCUT2D eigenvalue weighted by Gasteiger charge is -2.12. The average molecular weight is 273 g/mol. The highest BCUT2D eigenvalue weighted by Crippen LogP contribution is 2.21. The van der Waals surface area contributed by atoms with E-state index in [0.29, 0.717) is 0 Å². The van der Waals surface area contributed by atoms with Gasteiger partial charge in [-0.1, -0.05) is 32.9 Å². The van der Waals surface area contributed by atoms with Crippen molar-refractivity contribution in [1.82, 2.24) is 5.32 Å². The van der Waals surface area contributed by atoms with Gasteiger partial charge in [-0.15, -0.1) is 0 Å². The summed E-state index contributed by atoms with van der Waals surface area (Å²) in [6, 6.07) is 4.39. The first-order valence-electron chi connectivity index (χ1n) is 6.99. The number of nitrogens with two attached hydrogens (primary N) is 1. The van der Waals surface area contributed by atoms with E-state index in [1.165, 1.54) is 22.8 Å². The van der Waals surface area contributed by atoms with E-state index in [0.717, 1.165) is 24.8 Å². The van der Waals surface area contributed by atoms with Crippen LogP contribution in [0.4, 0.5) is 0 Å². The second-order valence-corrected chi connectivity index (χ2v) is 4.62. The first-order chi connectivity index (χ1) is 9.51. The summed E-state index contributed by atoms with van der Waals surface area (Å²) < 4.78 is 0. The van der Waals surface area contributed by atoms with Gasteiger partial charge in [-0.3, -0.25) is 15.5 Å². The number of hydrogen-bond acceptors (Lipinski definition) is 2. The van der Waals surface area contributed by atoms with Gasteiger partial charge in [0.25, 0.3) is 5.91 Å². The van der Waals surface area contributed by atoms with Gasteiger partial charge in [0.1, 0.15) is 0 Å². The Morgan fingerprint density at radius 1 is 1.20 bits per heavy atom. The van der Waals surface area contributed by atoms with Crippen LogP contribution in [0.5, 0.6) is 0 Å². The van der Waals surface area contributed by atoms with Gasteiger partial charge in [0.15, 0.2) is 5.96 Å². The van der Waals surface area contributed by atoms with Gasteiger partial charge >= 0.3 is 0 Å². The van der Waals surface area contributed by atoms with Crippen molar-refractivity contribution >= 4 is 17.9 Å². The quantitative estimate of drug-likeness (QED) is 0.437. The number of aryl methyl sites for hydroxylation is 3. The smallest absolute Gasteiger partial charge is 0.250 e. The molecule has 0 heterocycles. The molecule has 1 amide bonds. The molecule has 4 heteroatoms. The highest BCUT2D eigenvalue weighted by Gasteiger charge is 2.07. The lowest BCUT2D eigenvalue weighted by Crippen LogP contribution is -2.34. The summed E-state index contributed by atoms with van der Waals surface area (Å²) in [5.74, 6) is -0.714. The van der Waals surface area contributed by atoms with Crippen molar-refractivity contribution in [2.24, 2.45) is 5.73 Å². The molecule has 4 nitrogen and oxygen atoms in total. The van der Waals surface area contributed by atoms with Crippen molar-refractivity contribution in [2.45, 2.75) is 40.0 Å². The molecular formula is C16H23N3O. The summed E-state index contributed by atoms with van der Waals surface area (Å²) in [4.78, 5) is 11.5. The molecule has 0 bridgehead atoms. The molecule has 0 aliphatic carbocycles. The first-order valence-corrected chi connectivity index (χ1v) is 6.99. The highest BCUT2D eigenvalue weighted by atomic mass is 16.1. The van der Waals surface area contributed by atoms with E-state index in [2.05, 4.69) is 38.2 Å². The van der Waals surface area contributed by atoms with E-state index in [1.807, 2.05) is 6.08 Å². The molecule has 0 spiro atoms. The Labute approximate surface area is 120 Å². The topological polar surface area (TPSA) is 79.0 Å². The fourth-order valence-electron chi connectivity index (χ4n) is 2.19. The summed E-state index contributed by atoms with van der Waals surface area (Å²) in [6.45, 7) is 6.37. The average Bonchev–Trinajstić information content (AvgIpc) is 2.43. The summed E-state index contributed by atoms with van der Waals surface area (Å²) in [6.07, 6.45) is 6.11. The number of benzene rings is 1. The number of hydrogen-bond donors (Lipinski definition) is 3. The SMILES string of the molecule is CCc1cc(CC)c(C=CC(=O)NC(=N)N)c(CC)c1. The van der Waals surface area contributed by atoms with Gasteiger partial charge in [0.05, 0.1) is 0 Å². The van der Waals surface area contributed by atoms with Crippen molar-refractivity contribution in [3.05, 3.63) is 40.5 Å². The van der Waals surface area contributed by atoms with Gasteiger partial charge in [-0.2, -0.15) is 0 Å². The van der Waals surface area contributed by atoms with E-state index in [9.17, 15) is 4.79 Å². The number of nitrogens with one attached hydrogen (secondary N) is 2. The van der Waals surface area contributed by atoms with Crippen molar-refractivity contribution in [2.75, 3.05) is 0 Å². The standard InChI is InChI=1S/C16H23N3O/c1-4-11-9-12(5-2)14(13(6-3)10-11)7-8-15(20)19-16(17)18/h7-10H,4-6H2,1-3H3,(H4,17,18,19,20). The minimum Gasteiger partial charge on any atom is -0.370 e. The van der Waals surface area contributed by atoms with Crippen LogP contribution >= 0.6 is 0 Å². The third kappa shape index (κ3) is 4.23. The van der Waals surface area contributed by atoms with Gasteiger partial charge < -0.3 is 5.73 Å². The van der Waals surface area contributed by atoms with Crippen molar-refractivity contribution in [3.8, 4) is 0 Å². The summed E-state index contributed by atoms with van der Waals surface area (Å²) in [7, 11) is 0. The maximum atomic E-state index is 11.5. The molecule has 0 saturated carbocycles. The molecule has 1 rings (SSSR count). The Balaban J connectivity index is 3.12. The first kappa shape index (κ1) is 16.0. The molecule has 0 aliphatic heterocycles. The molecule has 1 aromatic carbocycles. The van der Waals surface area contributed by atoms with E-state index in [4.69, 9.17) is 11.1 Å². The van der Waals surface area contributed by atoms with Crippen LogP contribution < -0.4 is 11.1 Å². The molecule has 0 unspecified atom stereocenters. The summed E-state index contributed by atoms with van der Waals surface area (Å²) >= 11 is 0. The Bertz CT molecular complexity index is 508. The summed E-state index contributed by atoms with van der Waals surface area (Å²) in [5.41, 5.74) is 10.0. The fraction of sp³-hybridized carbons (Fsp3) is 0.375. The van der Waals surface area contributed by atoms with Crippen LogP contribution in [0.3, 0.4) is 0 Å². The van der Waals surface area contributed by atoms with Gasteiger partial charge in [-0.05, 0) is 47.6 Å². The Morgan fingerprint density at radius 3 is 2.15 bits per heavy atom. The predicted molar refractivity (Wildman–Crippen MR) is 83.7 cm³/mol. The van der Waals surface area contributed by atoms with E-state index in [-0.39, 0.29) is 11.9 Å². The lowest BCUT2D eigenvalue weighted by molar-refractivity contribution is -0.115. The maximum Gasteiger partial charge on any atom is 0.250 e. The minimum atomic E-state index is -0.374. The van der Waals surface area contributed by atoms with Gasteiger partial charge in [0, 0.05) is 6.08 Å². The fourth-order valence-corrected chi connectivity index (χ4v) is 2.19. The molecule has 4 N–H and O–H groups in total. The number of carbonyl (C=O) groups excluding carboxylic acids is 1. The zero-order chi connectivity index (χ0) is 15.1. The monoisotopic (exact) mass is 273 g/mol. The van der Waals surface area contributed by atoms with Gasteiger partial charge in [-0.25, -0.2) is 0 Å². The molecule has 0 radical (unpaired) electrons. The Kier molecular flexibility index (Phi) is 5.97. The van der Waals surface area contributed by atoms with Crippen molar-refractivity contribution in [3.63, 3.8) is 0 Å². The van der Waals surface area contributed by atoms with Crippen molar-refractivity contribution in [1.29, 1.82) is 5.41 Å². The molecule has 108 valence electrons. The van der Waals surface area contributed by atoms with Crippen LogP contribution in [-0.4, -0.2) is 11.9 Å². The predicted octanol–water partition coefficient (Wildman–Crippen LogP) is 2.40. The third-order valence-electron chi connectivity index (χ3n) is 3.24. The number of carbonyl (C=O) groups is 1. The van der Waals surface area contributed by atoms with E-state index < -0.39 is 0 Å². The minimum absolute atomic E-state index is 0.340. The molecular weight excluding hydrogens is 250 g/mol. The van der Waals surface area contributed by atoms with E-state index in [1.54, 1.807) is 0 Å². The number of amides is 1. The van der Waals surface area contributed by atoms with Crippen molar-refractivity contribution < 1.29 is 4.79 Å². The molecule has 0 fully saturated rings. The zero-order valence-electron chi connectivity index (χ0n) is 12.4. The summed E-state index contributed by atoms with van der Waals surface area (Å²) in [5, 5.41) is 9.28. The molecule has 20 heavy (non-hydrogen) atoms. The molecule has 0 saturated heterocycles. The second kappa shape index (κ2) is 7.48. The van der Waals surface area contributed by atoms with Crippen LogP contribution in [0.15, 0.2) is 18.2 Å². The van der Waals surface area contributed by atoms with Gasteiger partial charge in [0.2, 0.25) is 0 Å². The Morgan fingerprint density at radius 2 is 1.75 bits per heavy atom. The highest BCUT2D eigenvalue weighted by molar-refractivity contribution is 6.02. The lowest BCUT2D eigenvalue weighted by atomic mass is 9.93. The van der Waals surface area contributed by atoms with Crippen LogP contribution in [0.2, 0.25) is 0 Å². The van der Waals surface area contributed by atoms with Crippen LogP contribution in [-0.2, 0) is 24.1 Å². The maximum absolute atomic E-state index is 11.5. The normalized spacial score (nSPS) is 10.8.